The molecule has 0 heterocycles. The molecule has 9 nitrogen and oxygen atoms in total. The Morgan fingerprint density at radius 3 is 2.42 bits per heavy atom. The summed E-state index contributed by atoms with van der Waals surface area (Å²) in [5.41, 5.74) is 3.50. The van der Waals surface area contributed by atoms with Gasteiger partial charge in [-0.3, -0.25) is 14.4 Å². The van der Waals surface area contributed by atoms with Crippen molar-refractivity contribution in [3.05, 3.63) is 58.6 Å². The fraction of sp³-hybridized carbons (Fsp3) is 0.238. The number of nitrogens with zero attached hydrogens (tertiary/aromatic N) is 1. The number of carbonyl (C=O) groups excluding carboxylic acids is 3. The van der Waals surface area contributed by atoms with E-state index in [-0.39, 0.29) is 12.5 Å². The second-order valence-electron chi connectivity index (χ2n) is 6.21. The summed E-state index contributed by atoms with van der Waals surface area (Å²) in [5, 5.41) is 8.94. The van der Waals surface area contributed by atoms with E-state index in [9.17, 15) is 14.4 Å². The highest BCUT2D eigenvalue weighted by atomic mass is 79.9. The zero-order valence-electron chi connectivity index (χ0n) is 16.9. The fourth-order valence-electron chi connectivity index (χ4n) is 2.24. The maximum atomic E-state index is 11.9. The summed E-state index contributed by atoms with van der Waals surface area (Å²) >= 11 is 3.33. The molecule has 0 fully saturated rings. The molecular weight excluding hydrogens is 468 g/mol. The Kier molecular flexibility index (Phi) is 10.2. The zero-order valence-corrected chi connectivity index (χ0v) is 18.5. The van der Waals surface area contributed by atoms with Gasteiger partial charge in [-0.1, -0.05) is 15.9 Å². The number of amides is 3. The van der Waals surface area contributed by atoms with Crippen LogP contribution in [0.3, 0.4) is 0 Å². The molecule has 0 saturated carbocycles. The number of ether oxygens (including phenoxy) is 2. The molecule has 0 radical (unpaired) electrons. The van der Waals surface area contributed by atoms with Crippen LogP contribution in [0.25, 0.3) is 0 Å². The number of hydrazone groups is 1. The van der Waals surface area contributed by atoms with E-state index in [0.717, 1.165) is 4.47 Å². The van der Waals surface area contributed by atoms with E-state index in [4.69, 9.17) is 9.47 Å². The molecule has 2 aromatic carbocycles. The quantitative estimate of drug-likeness (QED) is 0.204. The van der Waals surface area contributed by atoms with Gasteiger partial charge in [0.1, 0.15) is 5.75 Å². The van der Waals surface area contributed by atoms with Gasteiger partial charge in [0, 0.05) is 30.4 Å². The number of anilines is 1. The number of methoxy groups -OCH3 is 1. The molecule has 2 aromatic rings. The summed E-state index contributed by atoms with van der Waals surface area (Å²) in [7, 11) is 1.56. The van der Waals surface area contributed by atoms with Gasteiger partial charge in [-0.25, -0.2) is 5.43 Å². The molecule has 3 amide bonds. The Hall–Kier alpha value is -3.24. The number of rotatable bonds is 10. The standard InChI is InChI=1S/C21H23BrN4O5/c1-30-12-2-11-23-20(28)21(29)26-24-13-15-3-9-18(10-4-15)31-14-19(27)25-17-7-5-16(22)6-8-17/h3-10,13H,2,11-12,14H2,1H3,(H,23,28)(H,25,27)(H,26,29)/b24-13-. The van der Waals surface area contributed by atoms with Gasteiger partial charge in [0.05, 0.1) is 6.21 Å². The highest BCUT2D eigenvalue weighted by Gasteiger charge is 2.11. The molecule has 0 aromatic heterocycles. The first-order valence-electron chi connectivity index (χ1n) is 9.36. The Morgan fingerprint density at radius 1 is 1.03 bits per heavy atom. The highest BCUT2D eigenvalue weighted by Crippen LogP contribution is 2.14. The molecule has 0 bridgehead atoms. The van der Waals surface area contributed by atoms with Crippen LogP contribution in [0.4, 0.5) is 5.69 Å². The largest absolute Gasteiger partial charge is 0.484 e. The zero-order chi connectivity index (χ0) is 22.5. The number of nitrogens with one attached hydrogen (secondary N) is 3. The molecule has 2 rings (SSSR count). The van der Waals surface area contributed by atoms with Crippen molar-refractivity contribution in [3.8, 4) is 5.75 Å². The number of hydrogen-bond donors (Lipinski definition) is 3. The summed E-state index contributed by atoms with van der Waals surface area (Å²) in [4.78, 5) is 35.1. The maximum absolute atomic E-state index is 11.9. The van der Waals surface area contributed by atoms with Crippen molar-refractivity contribution in [2.45, 2.75) is 6.42 Å². The van der Waals surface area contributed by atoms with Crippen LogP contribution in [0, 0.1) is 0 Å². The van der Waals surface area contributed by atoms with E-state index in [1.54, 1.807) is 43.5 Å². The Morgan fingerprint density at radius 2 is 1.74 bits per heavy atom. The third-order valence-electron chi connectivity index (χ3n) is 3.77. The lowest BCUT2D eigenvalue weighted by Crippen LogP contribution is -2.38. The second kappa shape index (κ2) is 13.1. The van der Waals surface area contributed by atoms with Crippen LogP contribution in [-0.4, -0.2) is 50.8 Å². The smallest absolute Gasteiger partial charge is 0.329 e. The topological polar surface area (TPSA) is 118 Å². The molecule has 10 heteroatoms. The summed E-state index contributed by atoms with van der Waals surface area (Å²) in [6.07, 6.45) is 2.00. The molecule has 0 saturated heterocycles. The van der Waals surface area contributed by atoms with Gasteiger partial charge >= 0.3 is 11.8 Å². The van der Waals surface area contributed by atoms with Crippen LogP contribution >= 0.6 is 15.9 Å². The third kappa shape index (κ3) is 9.41. The average Bonchev–Trinajstić information content (AvgIpc) is 2.77. The van der Waals surface area contributed by atoms with Crippen molar-refractivity contribution < 1.29 is 23.9 Å². The Labute approximate surface area is 188 Å². The van der Waals surface area contributed by atoms with Gasteiger partial charge in [0.25, 0.3) is 5.91 Å². The lowest BCUT2D eigenvalue weighted by atomic mass is 10.2. The maximum Gasteiger partial charge on any atom is 0.329 e. The van der Waals surface area contributed by atoms with Crippen LogP contribution in [0.1, 0.15) is 12.0 Å². The number of benzene rings is 2. The van der Waals surface area contributed by atoms with Crippen molar-refractivity contribution in [1.82, 2.24) is 10.7 Å². The van der Waals surface area contributed by atoms with Crippen molar-refractivity contribution in [2.75, 3.05) is 32.2 Å². The molecule has 0 unspecified atom stereocenters. The lowest BCUT2D eigenvalue weighted by Gasteiger charge is -2.08. The van der Waals surface area contributed by atoms with E-state index in [1.807, 2.05) is 12.1 Å². The first-order chi connectivity index (χ1) is 15.0. The minimum Gasteiger partial charge on any atom is -0.484 e. The first-order valence-corrected chi connectivity index (χ1v) is 10.2. The molecule has 31 heavy (non-hydrogen) atoms. The van der Waals surface area contributed by atoms with Gasteiger partial charge in [0.2, 0.25) is 0 Å². The van der Waals surface area contributed by atoms with E-state index < -0.39 is 11.8 Å². The lowest BCUT2D eigenvalue weighted by molar-refractivity contribution is -0.139. The van der Waals surface area contributed by atoms with Gasteiger partial charge in [0.15, 0.2) is 6.61 Å². The fourth-order valence-corrected chi connectivity index (χ4v) is 2.51. The number of carbonyl (C=O) groups is 3. The normalized spacial score (nSPS) is 10.5. The minimum atomic E-state index is -0.856. The van der Waals surface area contributed by atoms with Crippen LogP contribution in [0.5, 0.6) is 5.75 Å². The van der Waals surface area contributed by atoms with E-state index in [1.165, 1.54) is 6.21 Å². The SMILES string of the molecule is COCCCNC(=O)C(=O)N/N=C\c1ccc(OCC(=O)Nc2ccc(Br)cc2)cc1. The summed E-state index contributed by atoms with van der Waals surface area (Å²) in [5.74, 6) is -1.40. The number of halogens is 1. The van der Waals surface area contributed by atoms with Crippen molar-refractivity contribution in [2.24, 2.45) is 5.10 Å². The Balaban J connectivity index is 1.72. The predicted molar refractivity (Wildman–Crippen MR) is 120 cm³/mol. The van der Waals surface area contributed by atoms with Crippen LogP contribution in [0.2, 0.25) is 0 Å². The molecule has 0 aliphatic heterocycles. The van der Waals surface area contributed by atoms with E-state index in [2.05, 4.69) is 37.1 Å². The molecular formula is C21H23BrN4O5. The molecule has 0 aliphatic carbocycles. The van der Waals surface area contributed by atoms with Crippen molar-refractivity contribution in [1.29, 1.82) is 0 Å². The summed E-state index contributed by atoms with van der Waals surface area (Å²) in [6.45, 7) is 0.696. The molecule has 0 spiro atoms. The molecule has 164 valence electrons. The Bertz CT molecular complexity index is 901. The number of hydrogen-bond acceptors (Lipinski definition) is 6. The van der Waals surface area contributed by atoms with Crippen LogP contribution < -0.4 is 20.8 Å². The summed E-state index contributed by atoms with van der Waals surface area (Å²) in [6, 6.07) is 13.9. The molecule has 0 atom stereocenters. The predicted octanol–water partition coefficient (Wildman–Crippen LogP) is 2.07. The van der Waals surface area contributed by atoms with E-state index in [0.29, 0.717) is 36.6 Å². The average molecular weight is 491 g/mol. The van der Waals surface area contributed by atoms with Crippen molar-refractivity contribution >= 4 is 45.6 Å². The van der Waals surface area contributed by atoms with Gasteiger partial charge in [-0.15, -0.1) is 0 Å². The van der Waals surface area contributed by atoms with Gasteiger partial charge < -0.3 is 20.1 Å². The van der Waals surface area contributed by atoms with Crippen molar-refractivity contribution in [3.63, 3.8) is 0 Å². The van der Waals surface area contributed by atoms with Crippen LogP contribution in [-0.2, 0) is 19.1 Å². The van der Waals surface area contributed by atoms with Crippen LogP contribution in [0.15, 0.2) is 58.1 Å². The summed E-state index contributed by atoms with van der Waals surface area (Å²) < 4.78 is 11.2. The van der Waals surface area contributed by atoms with Gasteiger partial charge in [-0.05, 0) is 60.5 Å². The monoisotopic (exact) mass is 490 g/mol. The highest BCUT2D eigenvalue weighted by molar-refractivity contribution is 9.10. The van der Waals surface area contributed by atoms with Gasteiger partial charge in [-0.2, -0.15) is 5.10 Å². The minimum absolute atomic E-state index is 0.140. The third-order valence-corrected chi connectivity index (χ3v) is 4.30. The molecule has 0 aliphatic rings. The molecule has 3 N–H and O–H groups in total. The second-order valence-corrected chi connectivity index (χ2v) is 7.13. The van der Waals surface area contributed by atoms with E-state index >= 15 is 0 Å². The first kappa shape index (κ1) is 24.0.